The van der Waals surface area contributed by atoms with Gasteiger partial charge in [0.25, 0.3) is 0 Å². The molecule has 4 heteroatoms. The summed E-state index contributed by atoms with van der Waals surface area (Å²) >= 11 is 0. The average molecular weight is 233 g/mol. The standard InChI is InChI=1S/C13H16FN3/c1-13(2,3)17-8-11(15)12(16-17)9-5-4-6-10(14)7-9/h4-8H,15H2,1-3H3. The van der Waals surface area contributed by atoms with Gasteiger partial charge >= 0.3 is 0 Å². The van der Waals surface area contributed by atoms with Crippen LogP contribution in [0.3, 0.4) is 0 Å². The van der Waals surface area contributed by atoms with Gasteiger partial charge in [-0.2, -0.15) is 5.10 Å². The molecule has 1 aromatic carbocycles. The van der Waals surface area contributed by atoms with Crippen molar-refractivity contribution in [1.82, 2.24) is 9.78 Å². The smallest absolute Gasteiger partial charge is 0.123 e. The number of rotatable bonds is 1. The zero-order chi connectivity index (χ0) is 12.6. The van der Waals surface area contributed by atoms with Crippen molar-refractivity contribution in [2.24, 2.45) is 0 Å². The van der Waals surface area contributed by atoms with Gasteiger partial charge in [-0.05, 0) is 32.9 Å². The lowest BCUT2D eigenvalue weighted by molar-refractivity contribution is 0.356. The highest BCUT2D eigenvalue weighted by Crippen LogP contribution is 2.27. The Hall–Kier alpha value is -1.84. The van der Waals surface area contributed by atoms with E-state index in [1.807, 2.05) is 20.8 Å². The number of benzene rings is 1. The van der Waals surface area contributed by atoms with E-state index in [1.54, 1.807) is 23.0 Å². The van der Waals surface area contributed by atoms with Gasteiger partial charge in [0.05, 0.1) is 11.2 Å². The number of nitrogens with zero attached hydrogens (tertiary/aromatic N) is 2. The third-order valence-corrected chi connectivity index (χ3v) is 2.53. The molecule has 0 atom stereocenters. The Kier molecular flexibility index (Phi) is 2.65. The minimum absolute atomic E-state index is 0.139. The molecular formula is C13H16FN3. The molecule has 1 aromatic heterocycles. The van der Waals surface area contributed by atoms with Crippen LogP contribution in [0.4, 0.5) is 10.1 Å². The predicted octanol–water partition coefficient (Wildman–Crippen LogP) is 3.03. The van der Waals surface area contributed by atoms with E-state index in [0.29, 0.717) is 16.9 Å². The summed E-state index contributed by atoms with van der Waals surface area (Å²) in [5.74, 6) is -0.285. The Morgan fingerprint density at radius 1 is 1.29 bits per heavy atom. The number of hydrogen-bond acceptors (Lipinski definition) is 2. The lowest BCUT2D eigenvalue weighted by Crippen LogP contribution is -2.22. The van der Waals surface area contributed by atoms with Crippen LogP contribution in [-0.2, 0) is 5.54 Å². The average Bonchev–Trinajstić information content (AvgIpc) is 2.60. The van der Waals surface area contributed by atoms with E-state index in [-0.39, 0.29) is 11.4 Å². The Labute approximate surface area is 100 Å². The zero-order valence-electron chi connectivity index (χ0n) is 10.2. The van der Waals surface area contributed by atoms with Crippen LogP contribution in [0.15, 0.2) is 30.5 Å². The highest BCUT2D eigenvalue weighted by Gasteiger charge is 2.17. The maximum absolute atomic E-state index is 13.1. The molecule has 0 aliphatic heterocycles. The Bertz CT molecular complexity index is 538. The second kappa shape index (κ2) is 3.87. The Morgan fingerprint density at radius 3 is 2.53 bits per heavy atom. The van der Waals surface area contributed by atoms with Crippen molar-refractivity contribution in [3.63, 3.8) is 0 Å². The summed E-state index contributed by atoms with van der Waals surface area (Å²) in [6.45, 7) is 6.11. The van der Waals surface area contributed by atoms with Crippen LogP contribution in [0.25, 0.3) is 11.3 Å². The molecule has 0 spiro atoms. The van der Waals surface area contributed by atoms with E-state index in [4.69, 9.17) is 5.73 Å². The maximum atomic E-state index is 13.1. The molecule has 17 heavy (non-hydrogen) atoms. The number of anilines is 1. The van der Waals surface area contributed by atoms with Gasteiger partial charge in [-0.15, -0.1) is 0 Å². The molecule has 0 saturated carbocycles. The molecule has 0 fully saturated rings. The number of nitrogen functional groups attached to an aromatic ring is 1. The van der Waals surface area contributed by atoms with Gasteiger partial charge < -0.3 is 5.73 Å². The van der Waals surface area contributed by atoms with Crippen LogP contribution in [0.2, 0.25) is 0 Å². The van der Waals surface area contributed by atoms with Crippen molar-refractivity contribution < 1.29 is 4.39 Å². The molecule has 0 aliphatic rings. The summed E-state index contributed by atoms with van der Waals surface area (Å²) in [6.07, 6.45) is 1.78. The van der Waals surface area contributed by atoms with Crippen LogP contribution >= 0.6 is 0 Å². The molecule has 1 heterocycles. The predicted molar refractivity (Wildman–Crippen MR) is 67.0 cm³/mol. The van der Waals surface area contributed by atoms with Gasteiger partial charge in [0.15, 0.2) is 0 Å². The van der Waals surface area contributed by atoms with Crippen LogP contribution < -0.4 is 5.73 Å². The van der Waals surface area contributed by atoms with Crippen LogP contribution in [0.5, 0.6) is 0 Å². The third-order valence-electron chi connectivity index (χ3n) is 2.53. The van der Waals surface area contributed by atoms with Crippen molar-refractivity contribution in [3.05, 3.63) is 36.3 Å². The van der Waals surface area contributed by atoms with E-state index < -0.39 is 0 Å². The number of aromatic nitrogens is 2. The molecule has 3 nitrogen and oxygen atoms in total. The first-order valence-corrected chi connectivity index (χ1v) is 5.49. The van der Waals surface area contributed by atoms with E-state index in [0.717, 1.165) is 0 Å². The molecule has 90 valence electrons. The topological polar surface area (TPSA) is 43.8 Å². The minimum Gasteiger partial charge on any atom is -0.396 e. The van der Waals surface area contributed by atoms with Crippen molar-refractivity contribution >= 4 is 5.69 Å². The molecule has 0 saturated heterocycles. The first-order chi connectivity index (χ1) is 7.88. The summed E-state index contributed by atoms with van der Waals surface area (Å²) < 4.78 is 14.9. The summed E-state index contributed by atoms with van der Waals surface area (Å²) in [5.41, 5.74) is 7.66. The summed E-state index contributed by atoms with van der Waals surface area (Å²) in [7, 11) is 0. The quantitative estimate of drug-likeness (QED) is 0.822. The Morgan fingerprint density at radius 2 is 2.00 bits per heavy atom. The first-order valence-electron chi connectivity index (χ1n) is 5.49. The van der Waals surface area contributed by atoms with E-state index in [9.17, 15) is 4.39 Å². The lowest BCUT2D eigenvalue weighted by Gasteiger charge is -2.18. The second-order valence-electron chi connectivity index (χ2n) is 5.06. The third kappa shape index (κ3) is 2.30. The molecule has 0 unspecified atom stereocenters. The van der Waals surface area contributed by atoms with Crippen molar-refractivity contribution in [2.45, 2.75) is 26.3 Å². The van der Waals surface area contributed by atoms with E-state index >= 15 is 0 Å². The highest BCUT2D eigenvalue weighted by molar-refractivity contribution is 5.71. The summed E-state index contributed by atoms with van der Waals surface area (Å²) in [6, 6.07) is 6.29. The Balaban J connectivity index is 2.50. The van der Waals surface area contributed by atoms with Gasteiger partial charge in [-0.25, -0.2) is 4.39 Å². The normalized spacial score (nSPS) is 11.8. The van der Waals surface area contributed by atoms with Crippen molar-refractivity contribution in [3.8, 4) is 11.3 Å². The number of nitrogens with two attached hydrogens (primary N) is 1. The first kappa shape index (κ1) is 11.6. The van der Waals surface area contributed by atoms with E-state index in [1.165, 1.54) is 12.1 Å². The minimum atomic E-state index is -0.285. The summed E-state index contributed by atoms with van der Waals surface area (Å²) in [4.78, 5) is 0. The molecule has 2 N–H and O–H groups in total. The molecule has 2 aromatic rings. The van der Waals surface area contributed by atoms with E-state index in [2.05, 4.69) is 5.10 Å². The van der Waals surface area contributed by atoms with Crippen molar-refractivity contribution in [1.29, 1.82) is 0 Å². The second-order valence-corrected chi connectivity index (χ2v) is 5.06. The molecule has 0 amide bonds. The fourth-order valence-corrected chi connectivity index (χ4v) is 1.59. The van der Waals surface area contributed by atoms with Gasteiger partial charge in [0.2, 0.25) is 0 Å². The maximum Gasteiger partial charge on any atom is 0.123 e. The number of halogens is 1. The molecular weight excluding hydrogens is 217 g/mol. The fraction of sp³-hybridized carbons (Fsp3) is 0.308. The van der Waals surface area contributed by atoms with Crippen LogP contribution in [-0.4, -0.2) is 9.78 Å². The number of hydrogen-bond donors (Lipinski definition) is 1. The SMILES string of the molecule is CC(C)(C)n1cc(N)c(-c2cccc(F)c2)n1. The van der Waals surface area contributed by atoms with Gasteiger partial charge in [0.1, 0.15) is 11.5 Å². The molecule has 0 aliphatic carbocycles. The largest absolute Gasteiger partial charge is 0.396 e. The van der Waals surface area contributed by atoms with Crippen molar-refractivity contribution in [2.75, 3.05) is 5.73 Å². The molecule has 0 radical (unpaired) electrons. The zero-order valence-corrected chi connectivity index (χ0v) is 10.2. The lowest BCUT2D eigenvalue weighted by atomic mass is 10.1. The van der Waals surface area contributed by atoms with Gasteiger partial charge in [-0.1, -0.05) is 12.1 Å². The molecule has 0 bridgehead atoms. The van der Waals surface area contributed by atoms with Crippen LogP contribution in [0.1, 0.15) is 20.8 Å². The highest BCUT2D eigenvalue weighted by atomic mass is 19.1. The molecule has 2 rings (SSSR count). The fourth-order valence-electron chi connectivity index (χ4n) is 1.59. The van der Waals surface area contributed by atoms with Gasteiger partial charge in [0, 0.05) is 11.8 Å². The summed E-state index contributed by atoms with van der Waals surface area (Å²) in [5, 5.41) is 4.42. The monoisotopic (exact) mass is 233 g/mol. The van der Waals surface area contributed by atoms with Gasteiger partial charge in [-0.3, -0.25) is 4.68 Å². The van der Waals surface area contributed by atoms with Crippen LogP contribution in [0, 0.1) is 5.82 Å².